The van der Waals surface area contributed by atoms with Gasteiger partial charge in [0.25, 0.3) is 11.5 Å². The molecule has 1 fully saturated rings. The molecule has 3 aromatic rings. The maximum Gasteiger partial charge on any atom is 0.267 e. The number of nitrogens with zero attached hydrogens (tertiary/aromatic N) is 3. The van der Waals surface area contributed by atoms with Crippen molar-refractivity contribution in [2.24, 2.45) is 5.92 Å². The summed E-state index contributed by atoms with van der Waals surface area (Å²) in [5, 5.41) is 23.2. The van der Waals surface area contributed by atoms with Gasteiger partial charge in [-0.05, 0) is 48.1 Å². The molecule has 0 saturated carbocycles. The number of aromatic hydroxyl groups is 1. The Hall–Kier alpha value is -3.79. The summed E-state index contributed by atoms with van der Waals surface area (Å²) in [5.41, 5.74) is 0.788. The molecule has 196 valence electrons. The SMILES string of the molecule is CC(C)C(CO)NC(=O)c1c(O)c2ncc(Cc3ccc(F)cc3)cc2n(CCN2CCCC2=O)c1=O. The number of carbonyl (C=O) groups excluding carboxylic acids is 2. The molecule has 9 nitrogen and oxygen atoms in total. The summed E-state index contributed by atoms with van der Waals surface area (Å²) < 4.78 is 14.7. The maximum atomic E-state index is 13.6. The quantitative estimate of drug-likeness (QED) is 0.405. The molecular formula is C27H31FN4O5. The number of hydrogen-bond acceptors (Lipinski definition) is 6. The summed E-state index contributed by atoms with van der Waals surface area (Å²) in [6.07, 6.45) is 3.16. The van der Waals surface area contributed by atoms with E-state index in [0.29, 0.717) is 24.9 Å². The van der Waals surface area contributed by atoms with E-state index >= 15 is 0 Å². The fourth-order valence-corrected chi connectivity index (χ4v) is 4.53. The van der Waals surface area contributed by atoms with Crippen LogP contribution in [0.5, 0.6) is 5.75 Å². The predicted molar refractivity (Wildman–Crippen MR) is 136 cm³/mol. The van der Waals surface area contributed by atoms with Crippen molar-refractivity contribution in [2.45, 2.75) is 45.7 Å². The number of aromatic nitrogens is 2. The first-order valence-corrected chi connectivity index (χ1v) is 12.4. The molecular weight excluding hydrogens is 479 g/mol. The standard InChI is InChI=1S/C27H31FN4O5/c1-16(2)20(15-33)30-26(36)23-25(35)24-21(32(27(23)37)11-10-31-9-3-4-22(31)34)13-18(14-29-24)12-17-5-7-19(28)8-6-17/h5-8,13-14,16,20,33,35H,3-4,9-12,15H2,1-2H3,(H,30,36). The average molecular weight is 511 g/mol. The van der Waals surface area contributed by atoms with Gasteiger partial charge in [-0.1, -0.05) is 26.0 Å². The number of halogens is 1. The van der Waals surface area contributed by atoms with Crippen LogP contribution in [0.15, 0.2) is 41.3 Å². The van der Waals surface area contributed by atoms with E-state index in [4.69, 9.17) is 0 Å². The van der Waals surface area contributed by atoms with Crippen LogP contribution in [0, 0.1) is 11.7 Å². The number of carbonyl (C=O) groups is 2. The van der Waals surface area contributed by atoms with Crippen LogP contribution < -0.4 is 10.9 Å². The highest BCUT2D eigenvalue weighted by atomic mass is 19.1. The molecule has 3 heterocycles. The normalized spacial score (nSPS) is 14.5. The Kier molecular flexibility index (Phi) is 7.87. The van der Waals surface area contributed by atoms with Crippen molar-refractivity contribution < 1.29 is 24.2 Å². The number of benzene rings is 1. The number of rotatable bonds is 9. The van der Waals surface area contributed by atoms with E-state index in [1.54, 1.807) is 23.1 Å². The van der Waals surface area contributed by atoms with Crippen molar-refractivity contribution in [1.29, 1.82) is 0 Å². The van der Waals surface area contributed by atoms with Gasteiger partial charge < -0.3 is 25.0 Å². The van der Waals surface area contributed by atoms with Gasteiger partial charge in [-0.3, -0.25) is 19.4 Å². The van der Waals surface area contributed by atoms with Gasteiger partial charge in [-0.25, -0.2) is 4.39 Å². The Labute approximate surface area is 213 Å². The highest BCUT2D eigenvalue weighted by Crippen LogP contribution is 2.26. The Bertz CT molecular complexity index is 1370. The summed E-state index contributed by atoms with van der Waals surface area (Å²) in [5.74, 6) is -1.79. The van der Waals surface area contributed by atoms with Gasteiger partial charge in [0, 0.05) is 32.3 Å². The van der Waals surface area contributed by atoms with Crippen LogP contribution >= 0.6 is 0 Å². The predicted octanol–water partition coefficient (Wildman–Crippen LogP) is 2.20. The zero-order chi connectivity index (χ0) is 26.7. The molecule has 2 amide bonds. The van der Waals surface area contributed by atoms with Crippen LogP contribution in [0.3, 0.4) is 0 Å². The summed E-state index contributed by atoms with van der Waals surface area (Å²) in [6, 6.07) is 7.14. The number of hydrogen-bond donors (Lipinski definition) is 3. The van der Waals surface area contributed by atoms with Crippen molar-refractivity contribution in [3.63, 3.8) is 0 Å². The first-order chi connectivity index (χ1) is 17.7. The third-order valence-electron chi connectivity index (χ3n) is 6.77. The minimum atomic E-state index is -0.805. The van der Waals surface area contributed by atoms with E-state index in [2.05, 4.69) is 10.3 Å². The first-order valence-electron chi connectivity index (χ1n) is 12.4. The second kappa shape index (κ2) is 11.1. The molecule has 37 heavy (non-hydrogen) atoms. The minimum Gasteiger partial charge on any atom is -0.505 e. The zero-order valence-electron chi connectivity index (χ0n) is 20.9. The highest BCUT2D eigenvalue weighted by molar-refractivity contribution is 6.01. The van der Waals surface area contributed by atoms with E-state index in [9.17, 15) is 29.0 Å². The van der Waals surface area contributed by atoms with Crippen LogP contribution in [-0.4, -0.2) is 62.2 Å². The number of aliphatic hydroxyl groups is 1. The molecule has 1 aliphatic heterocycles. The van der Waals surface area contributed by atoms with Crippen LogP contribution in [0.2, 0.25) is 0 Å². The van der Waals surface area contributed by atoms with Crippen LogP contribution in [0.25, 0.3) is 11.0 Å². The molecule has 1 aliphatic rings. The number of aliphatic hydroxyl groups excluding tert-OH is 1. The van der Waals surface area contributed by atoms with E-state index < -0.39 is 28.8 Å². The lowest BCUT2D eigenvalue weighted by atomic mass is 10.0. The lowest BCUT2D eigenvalue weighted by molar-refractivity contribution is -0.127. The summed E-state index contributed by atoms with van der Waals surface area (Å²) >= 11 is 0. The van der Waals surface area contributed by atoms with E-state index in [1.165, 1.54) is 22.9 Å². The maximum absolute atomic E-state index is 13.6. The monoisotopic (exact) mass is 510 g/mol. The van der Waals surface area contributed by atoms with Gasteiger partial charge in [0.1, 0.15) is 16.9 Å². The van der Waals surface area contributed by atoms with Gasteiger partial charge >= 0.3 is 0 Å². The Balaban J connectivity index is 1.78. The second-order valence-electron chi connectivity index (χ2n) is 9.69. The fraction of sp³-hybridized carbons (Fsp3) is 0.407. The molecule has 3 N–H and O–H groups in total. The van der Waals surface area contributed by atoms with E-state index in [0.717, 1.165) is 17.5 Å². The van der Waals surface area contributed by atoms with Crippen molar-refractivity contribution in [3.05, 3.63) is 69.4 Å². The molecule has 1 aromatic carbocycles. The lowest BCUT2D eigenvalue weighted by Crippen LogP contribution is -2.44. The third kappa shape index (κ3) is 5.64. The minimum absolute atomic E-state index is 0.00643. The lowest BCUT2D eigenvalue weighted by Gasteiger charge is -2.22. The Morgan fingerprint density at radius 3 is 2.51 bits per heavy atom. The zero-order valence-corrected chi connectivity index (χ0v) is 20.9. The Morgan fingerprint density at radius 2 is 1.89 bits per heavy atom. The first kappa shape index (κ1) is 26.3. The number of fused-ring (bicyclic) bond motifs is 1. The molecule has 0 bridgehead atoms. The topological polar surface area (TPSA) is 125 Å². The molecule has 0 aliphatic carbocycles. The summed E-state index contributed by atoms with van der Waals surface area (Å²) in [4.78, 5) is 44.9. The van der Waals surface area contributed by atoms with Gasteiger partial charge in [0.05, 0.1) is 18.2 Å². The largest absolute Gasteiger partial charge is 0.505 e. The summed E-state index contributed by atoms with van der Waals surface area (Å²) in [6.45, 7) is 4.28. The van der Waals surface area contributed by atoms with Crippen LogP contribution in [-0.2, 0) is 17.8 Å². The molecule has 1 saturated heterocycles. The van der Waals surface area contributed by atoms with Gasteiger partial charge in [-0.15, -0.1) is 0 Å². The second-order valence-corrected chi connectivity index (χ2v) is 9.69. The average Bonchev–Trinajstić information content (AvgIpc) is 3.28. The molecule has 10 heteroatoms. The smallest absolute Gasteiger partial charge is 0.267 e. The number of nitrogens with one attached hydrogen (secondary N) is 1. The molecule has 1 atom stereocenters. The summed E-state index contributed by atoms with van der Waals surface area (Å²) in [7, 11) is 0. The van der Waals surface area contributed by atoms with Crippen LogP contribution in [0.4, 0.5) is 4.39 Å². The number of pyridine rings is 2. The van der Waals surface area contributed by atoms with Crippen molar-refractivity contribution >= 4 is 22.8 Å². The van der Waals surface area contributed by atoms with Crippen molar-refractivity contribution in [1.82, 2.24) is 19.8 Å². The van der Waals surface area contributed by atoms with E-state index in [1.807, 2.05) is 13.8 Å². The molecule has 2 aromatic heterocycles. The number of amides is 2. The number of likely N-dealkylation sites (tertiary alicyclic amines) is 1. The van der Waals surface area contributed by atoms with Gasteiger partial charge in [-0.2, -0.15) is 0 Å². The molecule has 0 spiro atoms. The van der Waals surface area contributed by atoms with Crippen molar-refractivity contribution in [2.75, 3.05) is 19.7 Å². The van der Waals surface area contributed by atoms with Gasteiger partial charge in [0.2, 0.25) is 5.91 Å². The van der Waals surface area contributed by atoms with E-state index in [-0.39, 0.29) is 42.9 Å². The highest BCUT2D eigenvalue weighted by Gasteiger charge is 2.27. The van der Waals surface area contributed by atoms with Crippen LogP contribution in [0.1, 0.15) is 48.2 Å². The molecule has 4 rings (SSSR count). The third-order valence-corrected chi connectivity index (χ3v) is 6.77. The van der Waals surface area contributed by atoms with Gasteiger partial charge in [0.15, 0.2) is 5.75 Å². The molecule has 1 unspecified atom stereocenters. The fourth-order valence-electron chi connectivity index (χ4n) is 4.53. The van der Waals surface area contributed by atoms with Crippen molar-refractivity contribution in [3.8, 4) is 5.75 Å². The Morgan fingerprint density at radius 1 is 1.16 bits per heavy atom. The molecule has 0 radical (unpaired) electrons.